The van der Waals surface area contributed by atoms with Gasteiger partial charge in [0.1, 0.15) is 90.2 Å². The van der Waals surface area contributed by atoms with Crippen molar-refractivity contribution in [2.75, 3.05) is 111 Å². The van der Waals surface area contributed by atoms with Gasteiger partial charge in [-0.15, -0.1) is 72.4 Å². The van der Waals surface area contributed by atoms with Gasteiger partial charge < -0.3 is 121 Å². The third-order valence-corrected chi connectivity index (χ3v) is 26.7. The Morgan fingerprint density at radius 3 is 1.35 bits per heavy atom. The van der Waals surface area contributed by atoms with Crippen molar-refractivity contribution < 1.29 is 93.9 Å². The van der Waals surface area contributed by atoms with E-state index >= 15 is 0 Å². The van der Waals surface area contributed by atoms with Crippen LogP contribution in [0.25, 0.3) is 0 Å². The summed E-state index contributed by atoms with van der Waals surface area (Å²) in [6, 6.07) is 1.22. The smallest absolute Gasteiger partial charge is 0.332 e. The molecule has 0 saturated carbocycles. The number of aliphatic hydroxyl groups excluding tert-OH is 10. The molecule has 37 heteroatoms. The average Bonchev–Trinajstić information content (AvgIpc) is 1.72. The second-order valence-electron chi connectivity index (χ2n) is 32.1. The number of amides is 3. The molecule has 1 aromatic rings. The zero-order chi connectivity index (χ0) is 83.7. The molecule has 5 saturated heterocycles. The van der Waals surface area contributed by atoms with Gasteiger partial charge in [0.05, 0.1) is 42.7 Å². The molecular weight excluding hydrogens is 1550 g/mol. The fourth-order valence-corrected chi connectivity index (χ4v) is 17.6. The van der Waals surface area contributed by atoms with Crippen molar-refractivity contribution in [1.29, 1.82) is 0 Å². The van der Waals surface area contributed by atoms with Gasteiger partial charge in [0.25, 0.3) is 23.3 Å². The van der Waals surface area contributed by atoms with Gasteiger partial charge in [-0.2, -0.15) is 0 Å². The number of rotatable bonds is 22. The van der Waals surface area contributed by atoms with E-state index in [4.69, 9.17) is 47.1 Å². The first-order valence-electron chi connectivity index (χ1n) is 35.9. The molecule has 15 N–H and O–H groups in total. The summed E-state index contributed by atoms with van der Waals surface area (Å²) in [5, 5.41) is 115. The van der Waals surface area contributed by atoms with Crippen molar-refractivity contribution in [1.82, 2.24) is 50.4 Å². The number of nitrogens with one attached hydrogen (secondary N) is 5. The van der Waals surface area contributed by atoms with Gasteiger partial charge in [-0.1, -0.05) is 32.2 Å². The number of terminal acetylenes is 1. The molecule has 0 bridgehead atoms. The van der Waals surface area contributed by atoms with Crippen LogP contribution in [0.3, 0.4) is 0 Å². The Hall–Kier alpha value is -5.48. The molecule has 0 spiro atoms. The van der Waals surface area contributed by atoms with Crippen LogP contribution in [0, 0.1) is 12.3 Å². The van der Waals surface area contributed by atoms with Crippen LogP contribution in [-0.4, -0.2) is 357 Å². The molecule has 5 fully saturated rings. The molecule has 3 amide bonds. The van der Waals surface area contributed by atoms with Crippen molar-refractivity contribution in [2.45, 2.75) is 155 Å². The Kier molecular flexibility index (Phi) is 33.5. The lowest BCUT2D eigenvalue weighted by atomic mass is 9.99. The molecular formula is C74H119N10O21P5S. The molecule has 0 radical (unpaired) electrons. The van der Waals surface area contributed by atoms with Crippen molar-refractivity contribution >= 4 is 101 Å². The summed E-state index contributed by atoms with van der Waals surface area (Å²) in [7, 11) is 2.89. The average molecular weight is 1670 g/mol. The standard InChI is InChI=1S/C16H23N2O4P.C15H25N2O5P.C15H25N2O4P.C14H23N2O5P.C14H23N2O3PS/c1-6-11-9-18(10(2)17-15(11)21)16-14(20)13(19)12(22-16)7-8-23(3,4)5;1-9-16-14(21)10(8-18)7-17(9)15-13(20)12(19)11(22-15)5-6-23(2,3)4;1-10-16-12(18)6-8-17(10)15-14(20-2)13(19)11(21-15)7-9-22(3,4)5;1-15-10(17)5-7-16(14(15)20)13-12(19)11(18)9(21-13)6-8-22(2,3)4;1-8-9(7-15-14(21)16-8)13-12(18)11(17)10(19-13)5-6-20(2,3)4/h1,9,12-14,16,19-20H,2-3,7-8H2,4-5H3,(H,17,21);7,11-13,15,18-20H,1-2,5-6,8H2,3-4H3,(H,16,21);6,8,11,13-15,19H,1,3,7,9H2,2,4-5H3,(H,16,18);5,7,9,11-13,18-19H,2,6,8H2,1,3-4H3;7,10-13,17-18H,1-2,5-6H2,3-4H3,(H2,15,16,21)/t12-,13-,14-,16?;11-,12-,13-,15?;11-,13-,14-,15?;9-,11-,12-,13?;10-,11-,12-,13?/m11111/s1. The van der Waals surface area contributed by atoms with E-state index in [1.165, 1.54) is 47.6 Å². The number of hydrogen-bond donors (Lipinski definition) is 15. The fraction of sp³-hybridized carbons (Fsp3) is 0.581. The lowest BCUT2D eigenvalue weighted by Gasteiger charge is -2.34. The lowest BCUT2D eigenvalue weighted by Crippen LogP contribution is -2.48. The quantitative estimate of drug-likeness (QED) is 0.0398. The van der Waals surface area contributed by atoms with Gasteiger partial charge in [0.2, 0.25) is 0 Å². The van der Waals surface area contributed by atoms with Gasteiger partial charge in [0.15, 0.2) is 30.0 Å². The van der Waals surface area contributed by atoms with Gasteiger partial charge >= 0.3 is 5.69 Å². The number of ether oxygens (including phenoxy) is 6. The molecule has 10 rings (SSSR count). The Labute approximate surface area is 657 Å². The van der Waals surface area contributed by atoms with E-state index in [0.717, 1.165) is 46.4 Å². The lowest BCUT2D eigenvalue weighted by molar-refractivity contribution is -0.120. The van der Waals surface area contributed by atoms with E-state index in [1.807, 2.05) is 0 Å². The molecule has 9 aliphatic rings. The normalized spacial score (nSPS) is 31.7. The van der Waals surface area contributed by atoms with E-state index in [9.17, 15) is 75.0 Å². The molecule has 31 nitrogen and oxygen atoms in total. The molecule has 5 unspecified atom stereocenters. The second-order valence-corrected chi connectivity index (χ2v) is 54.1. The number of nitrogens with zero attached hydrogens (tertiary/aromatic N) is 5. The minimum absolute atomic E-state index is 0.107. The number of hydrogen-bond acceptors (Lipinski definition) is 25. The van der Waals surface area contributed by atoms with Crippen LogP contribution in [0.4, 0.5) is 0 Å². The van der Waals surface area contributed by atoms with E-state index in [-0.39, 0.29) is 40.9 Å². The number of aliphatic hydroxyl groups is 10. The third kappa shape index (κ3) is 26.0. The first-order valence-corrected chi connectivity index (χ1v) is 51.6. The highest BCUT2D eigenvalue weighted by Crippen LogP contribution is 2.44. The SMILES string of the molecule is C#CC1=CN(C2O[C@H](CCP(=C)(C)C)[C@@H](O)[C@H]2O)C(=C)NC1=O.C=C1NC(=O)C(CO)=CN1C1O[C@H](CCP(=C)(C)C)[C@@H](O)[C@H]1O.C=C1NC(=O)C=CN1C1O[C@H](CCP(=C)(C)C)[C@@H](O)[C@H]1OC.C=C1NC(=S)NC=C1C1O[C@H](CCP(=C)(C)C)[C@@H](O)[C@H]1O.C=P(C)(C)CC[C@H]1OC(n2ccc(=O)n(C)c2=O)[C@H](O)[C@@H]1O. The van der Waals surface area contributed by atoms with Gasteiger partial charge in [-0.25, -0.2) is 4.79 Å². The van der Waals surface area contributed by atoms with E-state index in [2.05, 4.69) is 157 Å². The molecule has 20 atom stereocenters. The predicted molar refractivity (Wildman–Crippen MR) is 451 cm³/mol. The monoisotopic (exact) mass is 1670 g/mol. The molecule has 1 aromatic heterocycles. The van der Waals surface area contributed by atoms with Crippen LogP contribution >= 0.6 is 46.6 Å². The van der Waals surface area contributed by atoms with Crippen molar-refractivity contribution in [3.05, 3.63) is 130 Å². The van der Waals surface area contributed by atoms with Crippen LogP contribution in [0.2, 0.25) is 0 Å². The zero-order valence-corrected chi connectivity index (χ0v) is 70.9. The maximum Gasteiger partial charge on any atom is 0.332 e. The summed E-state index contributed by atoms with van der Waals surface area (Å²) in [6.07, 6.45) is 26.5. The summed E-state index contributed by atoms with van der Waals surface area (Å²) in [6.45, 7) is 29.7. The number of methoxy groups -OCH3 is 1. The summed E-state index contributed by atoms with van der Waals surface area (Å²) < 4.78 is 36.6. The van der Waals surface area contributed by atoms with Crippen molar-refractivity contribution in [2.24, 2.45) is 7.05 Å². The van der Waals surface area contributed by atoms with Crippen molar-refractivity contribution in [3.63, 3.8) is 0 Å². The predicted octanol–water partition coefficient (Wildman–Crippen LogP) is -0.417. The molecule has 10 heterocycles. The van der Waals surface area contributed by atoms with Crippen LogP contribution in [-0.2, 0) is 49.9 Å². The molecule has 622 valence electrons. The molecule has 0 aliphatic carbocycles. The zero-order valence-electron chi connectivity index (χ0n) is 65.7. The Morgan fingerprint density at radius 2 is 0.928 bits per heavy atom. The Bertz CT molecular complexity index is 4170. The number of thiocarbonyl (C=S) groups is 1. The maximum atomic E-state index is 12.1. The molecule has 0 aromatic carbocycles. The second kappa shape index (κ2) is 39.4. The Balaban J connectivity index is 0.000000217. The highest BCUT2D eigenvalue weighted by atomic mass is 32.1. The minimum Gasteiger partial charge on any atom is -0.391 e. The van der Waals surface area contributed by atoms with Crippen LogP contribution in [0.1, 0.15) is 38.3 Å². The topological polar surface area (TPSA) is 423 Å². The summed E-state index contributed by atoms with van der Waals surface area (Å²) in [5.74, 6) is 2.06. The summed E-state index contributed by atoms with van der Waals surface area (Å²) in [4.78, 5) is 62.7. The first kappa shape index (κ1) is 94.4. The number of carbonyl (C=O) groups is 3. The third-order valence-electron chi connectivity index (χ3n) is 19.2. The maximum absolute atomic E-state index is 12.1. The van der Waals surface area contributed by atoms with E-state index < -0.39 is 174 Å². The van der Waals surface area contributed by atoms with Crippen LogP contribution in [0.15, 0.2) is 119 Å². The summed E-state index contributed by atoms with van der Waals surface area (Å²) >= 11 is 4.99. The fourth-order valence-electron chi connectivity index (χ4n) is 12.7. The first-order chi connectivity index (χ1) is 51.3. The van der Waals surface area contributed by atoms with Gasteiger partial charge in [-0.05, 0) is 142 Å². The van der Waals surface area contributed by atoms with E-state index in [1.54, 1.807) is 24.4 Å². The highest BCUT2D eigenvalue weighted by Gasteiger charge is 2.51. The number of carbonyl (C=O) groups excluding carboxylic acids is 3. The van der Waals surface area contributed by atoms with E-state index in [0.29, 0.717) is 47.9 Å². The number of aromatic nitrogens is 2. The highest BCUT2D eigenvalue weighted by molar-refractivity contribution is 7.80. The largest absolute Gasteiger partial charge is 0.391 e. The summed E-state index contributed by atoms with van der Waals surface area (Å²) in [5.41, 5.74) is 0.484. The molecule has 111 heavy (non-hydrogen) atoms. The van der Waals surface area contributed by atoms with Crippen LogP contribution in [0.5, 0.6) is 0 Å². The Morgan fingerprint density at radius 1 is 0.532 bits per heavy atom. The van der Waals surface area contributed by atoms with Gasteiger partial charge in [0, 0.05) is 68.6 Å². The van der Waals surface area contributed by atoms with Crippen molar-refractivity contribution in [3.8, 4) is 12.3 Å². The minimum atomic E-state index is -1.27. The molecule has 9 aliphatic heterocycles. The van der Waals surface area contributed by atoms with Crippen LogP contribution < -0.4 is 37.8 Å². The van der Waals surface area contributed by atoms with Gasteiger partial charge in [-0.3, -0.25) is 28.3 Å².